The molecular weight excluding hydrogens is 308 g/mol. The van der Waals surface area contributed by atoms with Gasteiger partial charge in [0.25, 0.3) is 5.56 Å². The van der Waals surface area contributed by atoms with E-state index in [2.05, 4.69) is 9.97 Å². The summed E-state index contributed by atoms with van der Waals surface area (Å²) in [7, 11) is 3.10. The van der Waals surface area contributed by atoms with E-state index in [-0.39, 0.29) is 11.2 Å². The van der Waals surface area contributed by atoms with Crippen molar-refractivity contribution >= 4 is 16.9 Å². The molecule has 0 N–H and O–H groups in total. The van der Waals surface area contributed by atoms with Gasteiger partial charge >= 0.3 is 5.69 Å². The van der Waals surface area contributed by atoms with Crippen molar-refractivity contribution in [3.05, 3.63) is 62.8 Å². The van der Waals surface area contributed by atoms with Gasteiger partial charge < -0.3 is 4.57 Å². The van der Waals surface area contributed by atoms with Crippen LogP contribution in [0.4, 0.5) is 0 Å². The Morgan fingerprint density at radius 2 is 1.96 bits per heavy atom. The molecule has 0 saturated carbocycles. The highest BCUT2D eigenvalue weighted by molar-refractivity contribution is 5.75. The van der Waals surface area contributed by atoms with Crippen LogP contribution in [0, 0.1) is 6.92 Å². The largest absolute Gasteiger partial charge is 0.332 e. The lowest BCUT2D eigenvalue weighted by Gasteiger charge is -2.05. The van der Waals surface area contributed by atoms with E-state index in [9.17, 15) is 9.59 Å². The Morgan fingerprint density at radius 1 is 1.17 bits per heavy atom. The summed E-state index contributed by atoms with van der Waals surface area (Å²) in [5, 5.41) is 0. The Bertz CT molecular complexity index is 1190. The van der Waals surface area contributed by atoms with Crippen LogP contribution in [0.2, 0.25) is 0 Å². The predicted octanol–water partition coefficient (Wildman–Crippen LogP) is 0.438. The molecule has 4 rings (SSSR count). The highest BCUT2D eigenvalue weighted by atomic mass is 16.2. The average Bonchev–Trinajstić information content (AvgIpc) is 3.09. The molecule has 0 fully saturated rings. The minimum Gasteiger partial charge on any atom is -0.310 e. The van der Waals surface area contributed by atoms with Gasteiger partial charge in [0.05, 0.1) is 6.54 Å². The van der Waals surface area contributed by atoms with Gasteiger partial charge in [0.15, 0.2) is 11.2 Å². The molecule has 0 saturated heterocycles. The topological polar surface area (TPSA) is 79.1 Å². The average molecular weight is 324 g/mol. The summed E-state index contributed by atoms with van der Waals surface area (Å²) in [5.74, 6) is 0.629. The van der Waals surface area contributed by atoms with E-state index in [1.807, 2.05) is 29.8 Å². The number of hydrogen-bond donors (Lipinski definition) is 0. The van der Waals surface area contributed by atoms with Gasteiger partial charge in [0.2, 0.25) is 5.78 Å². The van der Waals surface area contributed by atoms with Crippen LogP contribution in [-0.4, -0.2) is 28.1 Å². The second kappa shape index (κ2) is 4.92. The van der Waals surface area contributed by atoms with Crippen molar-refractivity contribution in [2.45, 2.75) is 13.5 Å². The Labute approximate surface area is 136 Å². The van der Waals surface area contributed by atoms with E-state index >= 15 is 0 Å². The summed E-state index contributed by atoms with van der Waals surface area (Å²) in [6, 6.07) is 3.87. The van der Waals surface area contributed by atoms with Crippen LogP contribution in [0.3, 0.4) is 0 Å². The van der Waals surface area contributed by atoms with Gasteiger partial charge in [-0.05, 0) is 18.6 Å². The lowest BCUT2D eigenvalue weighted by Crippen LogP contribution is -2.37. The molecule has 0 amide bonds. The molecule has 122 valence electrons. The van der Waals surface area contributed by atoms with Crippen LogP contribution in [0.5, 0.6) is 0 Å². The number of fused-ring (bicyclic) bond motifs is 3. The zero-order valence-electron chi connectivity index (χ0n) is 13.6. The van der Waals surface area contributed by atoms with Gasteiger partial charge in [-0.25, -0.2) is 4.79 Å². The maximum absolute atomic E-state index is 12.5. The first-order valence-corrected chi connectivity index (χ1v) is 7.52. The molecule has 0 bridgehead atoms. The van der Waals surface area contributed by atoms with Crippen LogP contribution >= 0.6 is 0 Å². The molecule has 24 heavy (non-hydrogen) atoms. The number of aromatic nitrogens is 6. The smallest absolute Gasteiger partial charge is 0.310 e. The number of nitrogens with zero attached hydrogens (tertiary/aromatic N) is 6. The zero-order chi connectivity index (χ0) is 17.0. The lowest BCUT2D eigenvalue weighted by atomic mass is 10.3. The van der Waals surface area contributed by atoms with E-state index < -0.39 is 0 Å². The van der Waals surface area contributed by atoms with Crippen molar-refractivity contribution in [1.82, 2.24) is 28.1 Å². The van der Waals surface area contributed by atoms with Crippen LogP contribution < -0.4 is 11.2 Å². The minimum atomic E-state index is -0.385. The van der Waals surface area contributed by atoms with Crippen molar-refractivity contribution in [2.24, 2.45) is 14.1 Å². The number of rotatable bonds is 2. The molecule has 0 aliphatic heterocycles. The van der Waals surface area contributed by atoms with Gasteiger partial charge in [-0.1, -0.05) is 6.07 Å². The molecule has 0 atom stereocenters. The van der Waals surface area contributed by atoms with E-state index in [1.165, 1.54) is 11.6 Å². The van der Waals surface area contributed by atoms with Gasteiger partial charge in [-0.15, -0.1) is 0 Å². The normalized spacial score (nSPS) is 11.6. The van der Waals surface area contributed by atoms with Crippen molar-refractivity contribution in [2.75, 3.05) is 0 Å². The maximum atomic E-state index is 12.5. The highest BCUT2D eigenvalue weighted by Gasteiger charge is 2.18. The second-order valence-electron chi connectivity index (χ2n) is 5.88. The Balaban J connectivity index is 2.06. The fourth-order valence-corrected chi connectivity index (χ4v) is 3.00. The number of imidazole rings is 2. The summed E-state index contributed by atoms with van der Waals surface area (Å²) in [6.07, 6.45) is 5.39. The summed E-state index contributed by atoms with van der Waals surface area (Å²) in [6.45, 7) is 2.55. The summed E-state index contributed by atoms with van der Waals surface area (Å²) in [4.78, 5) is 33.3. The first-order valence-electron chi connectivity index (χ1n) is 7.52. The summed E-state index contributed by atoms with van der Waals surface area (Å²) >= 11 is 0. The molecule has 0 spiro atoms. The quantitative estimate of drug-likeness (QED) is 0.536. The molecule has 0 radical (unpaired) electrons. The fraction of sp³-hybridized carbons (Fsp3) is 0.250. The third-order valence-corrected chi connectivity index (χ3v) is 4.32. The van der Waals surface area contributed by atoms with Gasteiger partial charge in [0.1, 0.15) is 0 Å². The second-order valence-corrected chi connectivity index (χ2v) is 5.88. The molecule has 0 aromatic carbocycles. The Hall–Kier alpha value is -3.16. The molecule has 8 heteroatoms. The molecule has 4 aromatic rings. The maximum Gasteiger partial charge on any atom is 0.332 e. The van der Waals surface area contributed by atoms with Crippen molar-refractivity contribution in [3.8, 4) is 0 Å². The number of hydrogen-bond acceptors (Lipinski definition) is 4. The van der Waals surface area contributed by atoms with Crippen LogP contribution in [-0.2, 0) is 20.6 Å². The third kappa shape index (κ3) is 1.86. The van der Waals surface area contributed by atoms with Crippen molar-refractivity contribution in [3.63, 3.8) is 0 Å². The first-order chi connectivity index (χ1) is 11.5. The SMILES string of the molecule is Cc1cn2c3c(=O)n(C)c(=O)n(C)c3nc2n1Cc1cccnc1. The van der Waals surface area contributed by atoms with Crippen LogP contribution in [0.25, 0.3) is 16.9 Å². The van der Waals surface area contributed by atoms with E-state index in [0.717, 1.165) is 15.8 Å². The number of aryl methyl sites for hydroxylation is 2. The van der Waals surface area contributed by atoms with Gasteiger partial charge in [-0.2, -0.15) is 4.98 Å². The molecule has 8 nitrogen and oxygen atoms in total. The summed E-state index contributed by atoms with van der Waals surface area (Å²) < 4.78 is 6.25. The van der Waals surface area contributed by atoms with Crippen molar-refractivity contribution < 1.29 is 0 Å². The van der Waals surface area contributed by atoms with Gasteiger partial charge in [-0.3, -0.25) is 23.3 Å². The van der Waals surface area contributed by atoms with E-state index in [4.69, 9.17) is 0 Å². The molecular formula is C16H16N6O2. The minimum absolute atomic E-state index is 0.348. The molecule has 4 heterocycles. The monoisotopic (exact) mass is 324 g/mol. The zero-order valence-corrected chi connectivity index (χ0v) is 13.6. The standard InChI is InChI=1S/C16H16N6O2/c1-10-8-22-12-13(19(2)16(24)20(3)14(12)23)18-15(22)21(10)9-11-5-4-6-17-7-11/h4-8H,9H2,1-3H3. The highest BCUT2D eigenvalue weighted by Crippen LogP contribution is 2.17. The third-order valence-electron chi connectivity index (χ3n) is 4.32. The first kappa shape index (κ1) is 14.4. The van der Waals surface area contributed by atoms with Gasteiger partial charge in [0, 0.05) is 38.4 Å². The lowest BCUT2D eigenvalue weighted by molar-refractivity contribution is 0.707. The number of pyridine rings is 1. The molecule has 4 aromatic heterocycles. The van der Waals surface area contributed by atoms with Crippen molar-refractivity contribution in [1.29, 1.82) is 0 Å². The predicted molar refractivity (Wildman–Crippen MR) is 89.2 cm³/mol. The fourth-order valence-electron chi connectivity index (χ4n) is 3.00. The molecule has 0 aliphatic rings. The Morgan fingerprint density at radius 3 is 2.67 bits per heavy atom. The summed E-state index contributed by atoms with van der Waals surface area (Å²) in [5.41, 5.74) is 2.07. The van der Waals surface area contributed by atoms with Crippen LogP contribution in [0.1, 0.15) is 11.3 Å². The Kier molecular flexibility index (Phi) is 2.96. The van der Waals surface area contributed by atoms with Crippen LogP contribution in [0.15, 0.2) is 40.3 Å². The molecule has 0 aliphatic carbocycles. The van der Waals surface area contributed by atoms with E-state index in [0.29, 0.717) is 23.5 Å². The molecule has 0 unspecified atom stereocenters. The van der Waals surface area contributed by atoms with E-state index in [1.54, 1.807) is 23.8 Å².